The highest BCUT2D eigenvalue weighted by atomic mass is 32.1. The fourth-order valence-electron chi connectivity index (χ4n) is 2.86. The van der Waals surface area contributed by atoms with Gasteiger partial charge in [-0.3, -0.25) is 0 Å². The van der Waals surface area contributed by atoms with Crippen molar-refractivity contribution in [1.82, 2.24) is 9.36 Å². The summed E-state index contributed by atoms with van der Waals surface area (Å²) in [4.78, 5) is 9.38. The largest absolute Gasteiger partial charge is 0.384 e. The number of likely N-dealkylation sites (N-methyl/N-ethyl adjacent to an activating group) is 1. The molecule has 6 heteroatoms. The molecule has 1 unspecified atom stereocenters. The Bertz CT molecular complexity index is 630. The van der Waals surface area contributed by atoms with Crippen molar-refractivity contribution < 1.29 is 4.74 Å². The van der Waals surface area contributed by atoms with Gasteiger partial charge in [0.15, 0.2) is 0 Å². The molecule has 0 saturated heterocycles. The molecule has 1 aliphatic rings. The molecule has 0 radical (unpaired) electrons. The maximum atomic E-state index is 5.11. The third-order valence-electron chi connectivity index (χ3n) is 4.05. The minimum atomic E-state index is 0.389. The van der Waals surface area contributed by atoms with Crippen molar-refractivity contribution in [3.05, 3.63) is 35.7 Å². The lowest BCUT2D eigenvalue weighted by Gasteiger charge is -2.27. The molecule has 0 fully saturated rings. The molecule has 0 bridgehead atoms. The van der Waals surface area contributed by atoms with Crippen LogP contribution < -0.4 is 9.80 Å². The Kier molecular flexibility index (Phi) is 4.59. The number of benzene rings is 1. The summed E-state index contributed by atoms with van der Waals surface area (Å²) in [6.45, 7) is 4.76. The lowest BCUT2D eigenvalue weighted by molar-refractivity contribution is 0.201. The predicted molar refractivity (Wildman–Crippen MR) is 90.8 cm³/mol. The number of aromatic nitrogens is 2. The third-order valence-corrected chi connectivity index (χ3v) is 4.84. The molecule has 5 nitrogen and oxygen atoms in total. The van der Waals surface area contributed by atoms with E-state index in [9.17, 15) is 0 Å². The van der Waals surface area contributed by atoms with Crippen molar-refractivity contribution in [3.63, 3.8) is 0 Å². The fraction of sp³-hybridized carbons (Fsp3) is 0.500. The van der Waals surface area contributed by atoms with Crippen LogP contribution in [0.4, 0.5) is 10.8 Å². The molecule has 2 aromatic rings. The topological polar surface area (TPSA) is 41.5 Å². The molecule has 1 aromatic heterocycles. The van der Waals surface area contributed by atoms with Crippen LogP contribution in [-0.2, 0) is 17.7 Å². The Balaban J connectivity index is 1.85. The standard InChI is InChI=1S/C16H22N4OS/c1-12-10-19(2)14-7-5-4-6-13(14)11-20(12)16-17-15(18-22-16)8-9-21-3/h4-7,12H,8-11H2,1-3H3. The Morgan fingerprint density at radius 1 is 1.36 bits per heavy atom. The van der Waals surface area contributed by atoms with Gasteiger partial charge in [-0.05, 0) is 18.6 Å². The maximum Gasteiger partial charge on any atom is 0.205 e. The van der Waals surface area contributed by atoms with Crippen LogP contribution in [0, 0.1) is 0 Å². The van der Waals surface area contributed by atoms with Crippen LogP contribution in [0.25, 0.3) is 0 Å². The van der Waals surface area contributed by atoms with Gasteiger partial charge in [0.25, 0.3) is 0 Å². The Morgan fingerprint density at radius 2 is 2.18 bits per heavy atom. The van der Waals surface area contributed by atoms with Gasteiger partial charge < -0.3 is 14.5 Å². The van der Waals surface area contributed by atoms with Crippen LogP contribution >= 0.6 is 11.5 Å². The van der Waals surface area contributed by atoms with Gasteiger partial charge in [0, 0.05) is 56.9 Å². The number of hydrogen-bond acceptors (Lipinski definition) is 6. The number of nitrogens with zero attached hydrogens (tertiary/aromatic N) is 4. The van der Waals surface area contributed by atoms with E-state index in [1.165, 1.54) is 22.8 Å². The second kappa shape index (κ2) is 6.62. The number of rotatable bonds is 4. The minimum absolute atomic E-state index is 0.389. The lowest BCUT2D eigenvalue weighted by Crippen LogP contribution is -2.38. The van der Waals surface area contributed by atoms with Gasteiger partial charge in [-0.1, -0.05) is 18.2 Å². The van der Waals surface area contributed by atoms with E-state index in [0.29, 0.717) is 12.6 Å². The summed E-state index contributed by atoms with van der Waals surface area (Å²) >= 11 is 1.49. The Labute approximate surface area is 135 Å². The van der Waals surface area contributed by atoms with E-state index in [-0.39, 0.29) is 0 Å². The Hall–Kier alpha value is -1.66. The summed E-state index contributed by atoms with van der Waals surface area (Å²) < 4.78 is 9.57. The zero-order valence-corrected chi connectivity index (χ0v) is 14.1. The lowest BCUT2D eigenvalue weighted by atomic mass is 10.1. The smallest absolute Gasteiger partial charge is 0.205 e. The third kappa shape index (κ3) is 3.08. The van der Waals surface area contributed by atoms with Gasteiger partial charge in [-0.25, -0.2) is 4.98 Å². The summed E-state index contributed by atoms with van der Waals surface area (Å²) in [5.74, 6) is 0.875. The summed E-state index contributed by atoms with van der Waals surface area (Å²) in [7, 11) is 3.86. The van der Waals surface area contributed by atoms with Crippen LogP contribution in [-0.4, -0.2) is 42.7 Å². The molecule has 1 aliphatic heterocycles. The summed E-state index contributed by atoms with van der Waals surface area (Å²) in [5.41, 5.74) is 2.64. The van der Waals surface area contributed by atoms with Crippen molar-refractivity contribution in [2.45, 2.75) is 25.9 Å². The first kappa shape index (κ1) is 15.2. The number of para-hydroxylation sites is 1. The molecule has 22 heavy (non-hydrogen) atoms. The van der Waals surface area contributed by atoms with Crippen LogP contribution in [0.15, 0.2) is 24.3 Å². The van der Waals surface area contributed by atoms with E-state index in [0.717, 1.165) is 30.5 Å². The first-order valence-electron chi connectivity index (χ1n) is 7.56. The van der Waals surface area contributed by atoms with Gasteiger partial charge in [0.2, 0.25) is 5.13 Å². The number of ether oxygens (including phenoxy) is 1. The van der Waals surface area contributed by atoms with Gasteiger partial charge in [0.1, 0.15) is 5.82 Å². The maximum absolute atomic E-state index is 5.11. The molecular formula is C16H22N4OS. The van der Waals surface area contributed by atoms with E-state index in [4.69, 9.17) is 9.72 Å². The molecule has 0 aliphatic carbocycles. The molecule has 0 amide bonds. The average Bonchev–Trinajstić information content (AvgIpc) is 2.94. The summed E-state index contributed by atoms with van der Waals surface area (Å²) in [6, 6.07) is 8.98. The summed E-state index contributed by atoms with van der Waals surface area (Å²) in [6.07, 6.45) is 0.770. The zero-order valence-electron chi connectivity index (χ0n) is 13.3. The van der Waals surface area contributed by atoms with E-state index in [2.05, 4.69) is 52.4 Å². The zero-order chi connectivity index (χ0) is 15.5. The van der Waals surface area contributed by atoms with Crippen molar-refractivity contribution >= 4 is 22.4 Å². The van der Waals surface area contributed by atoms with E-state index in [1.807, 2.05) is 0 Å². The van der Waals surface area contributed by atoms with Gasteiger partial charge >= 0.3 is 0 Å². The predicted octanol–water partition coefficient (Wildman–Crippen LogP) is 2.57. The van der Waals surface area contributed by atoms with Crippen molar-refractivity contribution in [3.8, 4) is 0 Å². The number of methoxy groups -OCH3 is 1. The molecule has 0 saturated carbocycles. The van der Waals surface area contributed by atoms with Gasteiger partial charge in [0.05, 0.1) is 6.61 Å². The van der Waals surface area contributed by atoms with Crippen molar-refractivity contribution in [1.29, 1.82) is 0 Å². The van der Waals surface area contributed by atoms with Crippen molar-refractivity contribution in [2.75, 3.05) is 37.1 Å². The van der Waals surface area contributed by atoms with Gasteiger partial charge in [-0.2, -0.15) is 4.37 Å². The molecular weight excluding hydrogens is 296 g/mol. The molecule has 0 N–H and O–H groups in total. The molecule has 3 rings (SSSR count). The monoisotopic (exact) mass is 318 g/mol. The van der Waals surface area contributed by atoms with E-state index >= 15 is 0 Å². The van der Waals surface area contributed by atoms with Crippen molar-refractivity contribution in [2.24, 2.45) is 0 Å². The van der Waals surface area contributed by atoms with Crippen LogP contribution in [0.2, 0.25) is 0 Å². The van der Waals surface area contributed by atoms with Gasteiger partial charge in [-0.15, -0.1) is 0 Å². The van der Waals surface area contributed by atoms with E-state index < -0.39 is 0 Å². The first-order valence-corrected chi connectivity index (χ1v) is 8.33. The highest BCUT2D eigenvalue weighted by Crippen LogP contribution is 2.30. The number of hydrogen-bond donors (Lipinski definition) is 0. The molecule has 0 spiro atoms. The number of anilines is 2. The molecule has 118 valence electrons. The molecule has 2 heterocycles. The second-order valence-electron chi connectivity index (χ2n) is 5.72. The fourth-order valence-corrected chi connectivity index (χ4v) is 3.68. The highest BCUT2D eigenvalue weighted by Gasteiger charge is 2.25. The molecule has 1 atom stereocenters. The van der Waals surface area contributed by atoms with Crippen LogP contribution in [0.1, 0.15) is 18.3 Å². The first-order chi connectivity index (χ1) is 10.7. The highest BCUT2D eigenvalue weighted by molar-refractivity contribution is 7.09. The normalized spacial score (nSPS) is 18.2. The average molecular weight is 318 g/mol. The second-order valence-corrected chi connectivity index (χ2v) is 6.45. The van der Waals surface area contributed by atoms with Crippen LogP contribution in [0.3, 0.4) is 0 Å². The molecule has 1 aromatic carbocycles. The van der Waals surface area contributed by atoms with E-state index in [1.54, 1.807) is 7.11 Å². The number of fused-ring (bicyclic) bond motifs is 1. The Morgan fingerprint density at radius 3 is 3.00 bits per heavy atom. The quantitative estimate of drug-likeness (QED) is 0.867. The van der Waals surface area contributed by atoms with Crippen LogP contribution in [0.5, 0.6) is 0 Å². The minimum Gasteiger partial charge on any atom is -0.384 e. The summed E-state index contributed by atoms with van der Waals surface area (Å²) in [5, 5.41) is 1.00. The SMILES string of the molecule is COCCc1nsc(N2Cc3ccccc3N(C)CC2C)n1.